The van der Waals surface area contributed by atoms with E-state index < -0.39 is 0 Å². The Bertz CT molecular complexity index is 1200. The molecule has 1 aromatic carbocycles. The van der Waals surface area contributed by atoms with Gasteiger partial charge in [-0.15, -0.1) is 23.7 Å². The second kappa shape index (κ2) is 8.78. The van der Waals surface area contributed by atoms with Crippen LogP contribution in [0.2, 0.25) is 0 Å². The number of amides is 1. The Hall–Kier alpha value is -2.35. The van der Waals surface area contributed by atoms with Crippen molar-refractivity contribution in [3.05, 3.63) is 52.0 Å². The molecule has 3 aliphatic rings. The standard InChI is InChI=1S/C25H29N5OS.ClH/c1-14-3-8-21-22(26-2)23(32-25(21)27-14)24(31)29-19-9-15-4-7-20(11-16(15)10-19)30-12-17-5-6-18(13-30)28-17;/h3-4,7-8,11,17-19,26,28H,5-6,9-10,12-13H2,1-2H3,(H,29,31);1H. The van der Waals surface area contributed by atoms with Gasteiger partial charge in [0.25, 0.3) is 5.91 Å². The fourth-order valence-corrected chi connectivity index (χ4v) is 6.77. The first-order valence-corrected chi connectivity index (χ1v) is 12.4. The van der Waals surface area contributed by atoms with Crippen LogP contribution in [0.25, 0.3) is 10.2 Å². The Labute approximate surface area is 204 Å². The number of fused-ring (bicyclic) bond motifs is 4. The van der Waals surface area contributed by atoms with Crippen molar-refractivity contribution in [2.45, 2.75) is 50.7 Å². The van der Waals surface area contributed by atoms with Crippen LogP contribution in [0.1, 0.15) is 39.3 Å². The lowest BCUT2D eigenvalue weighted by Gasteiger charge is -2.34. The van der Waals surface area contributed by atoms with Gasteiger partial charge in [-0.1, -0.05) is 6.07 Å². The van der Waals surface area contributed by atoms with Crippen molar-refractivity contribution in [2.75, 3.05) is 30.4 Å². The molecule has 2 aromatic heterocycles. The molecule has 3 atom stereocenters. The minimum atomic E-state index is -0.00767. The molecule has 8 heteroatoms. The van der Waals surface area contributed by atoms with Crippen molar-refractivity contribution >= 4 is 51.2 Å². The Balaban J connectivity index is 0.00000228. The number of carbonyl (C=O) groups excluding carboxylic acids is 1. The van der Waals surface area contributed by atoms with Crippen molar-refractivity contribution < 1.29 is 4.79 Å². The van der Waals surface area contributed by atoms with Crippen LogP contribution in [0.3, 0.4) is 0 Å². The maximum absolute atomic E-state index is 13.2. The van der Waals surface area contributed by atoms with Crippen LogP contribution in [0.5, 0.6) is 0 Å². The average molecular weight is 484 g/mol. The third-order valence-electron chi connectivity index (χ3n) is 7.19. The minimum Gasteiger partial charge on any atom is -0.386 e. The Kier molecular flexibility index (Phi) is 5.97. The molecular formula is C25H30ClN5OS. The summed E-state index contributed by atoms with van der Waals surface area (Å²) in [6.07, 6.45) is 4.37. The molecule has 3 aromatic rings. The number of piperazine rings is 1. The third-order valence-corrected chi connectivity index (χ3v) is 8.29. The van der Waals surface area contributed by atoms with Crippen LogP contribution < -0.4 is 20.9 Å². The number of nitrogens with zero attached hydrogens (tertiary/aromatic N) is 2. The van der Waals surface area contributed by atoms with E-state index in [0.717, 1.165) is 47.5 Å². The van der Waals surface area contributed by atoms with Gasteiger partial charge in [-0.3, -0.25) is 4.79 Å². The second-order valence-corrected chi connectivity index (χ2v) is 10.4. The summed E-state index contributed by atoms with van der Waals surface area (Å²) in [5.41, 5.74) is 5.91. The molecule has 0 radical (unpaired) electrons. The Morgan fingerprint density at radius 3 is 2.64 bits per heavy atom. The van der Waals surface area contributed by atoms with Gasteiger partial charge in [-0.05, 0) is 68.0 Å². The smallest absolute Gasteiger partial charge is 0.263 e. The highest BCUT2D eigenvalue weighted by molar-refractivity contribution is 7.21. The van der Waals surface area contributed by atoms with E-state index in [9.17, 15) is 4.79 Å². The van der Waals surface area contributed by atoms with E-state index in [1.165, 1.54) is 41.0 Å². The number of benzene rings is 1. The lowest BCUT2D eigenvalue weighted by atomic mass is 10.1. The van der Waals surface area contributed by atoms with E-state index in [2.05, 4.69) is 44.0 Å². The van der Waals surface area contributed by atoms with E-state index in [1.54, 1.807) is 0 Å². The zero-order valence-corrected chi connectivity index (χ0v) is 20.6. The first kappa shape index (κ1) is 22.4. The van der Waals surface area contributed by atoms with Gasteiger partial charge in [0.15, 0.2) is 0 Å². The number of nitrogens with one attached hydrogen (secondary N) is 3. The third kappa shape index (κ3) is 4.07. The van der Waals surface area contributed by atoms with Crippen LogP contribution in [0.4, 0.5) is 11.4 Å². The van der Waals surface area contributed by atoms with Gasteiger partial charge >= 0.3 is 0 Å². The van der Waals surface area contributed by atoms with Crippen LogP contribution in [-0.2, 0) is 12.8 Å². The topological polar surface area (TPSA) is 69.3 Å². The number of carbonyl (C=O) groups is 1. The minimum absolute atomic E-state index is 0. The molecule has 1 aliphatic carbocycles. The summed E-state index contributed by atoms with van der Waals surface area (Å²) in [5, 5.41) is 11.2. The molecule has 2 saturated heterocycles. The molecule has 6 nitrogen and oxygen atoms in total. The number of hydrogen-bond acceptors (Lipinski definition) is 6. The molecule has 0 saturated carbocycles. The lowest BCUT2D eigenvalue weighted by Crippen LogP contribution is -2.51. The molecule has 174 valence electrons. The first-order valence-electron chi connectivity index (χ1n) is 11.6. The molecule has 3 unspecified atom stereocenters. The molecule has 4 heterocycles. The highest BCUT2D eigenvalue weighted by Crippen LogP contribution is 2.35. The van der Waals surface area contributed by atoms with Crippen molar-refractivity contribution in [3.63, 3.8) is 0 Å². The monoisotopic (exact) mass is 483 g/mol. The summed E-state index contributed by atoms with van der Waals surface area (Å²) in [6.45, 7) is 4.18. The summed E-state index contributed by atoms with van der Waals surface area (Å²) >= 11 is 1.47. The number of aryl methyl sites for hydroxylation is 1. The number of pyridine rings is 1. The van der Waals surface area contributed by atoms with E-state index in [-0.39, 0.29) is 24.4 Å². The zero-order valence-electron chi connectivity index (χ0n) is 19.0. The number of halogens is 1. The van der Waals surface area contributed by atoms with Crippen molar-refractivity contribution in [1.29, 1.82) is 0 Å². The second-order valence-electron chi connectivity index (χ2n) is 9.44. The summed E-state index contributed by atoms with van der Waals surface area (Å²) in [7, 11) is 1.87. The lowest BCUT2D eigenvalue weighted by molar-refractivity contribution is 0.0943. The van der Waals surface area contributed by atoms with E-state index in [4.69, 9.17) is 0 Å². The van der Waals surface area contributed by atoms with Crippen molar-refractivity contribution in [1.82, 2.24) is 15.6 Å². The van der Waals surface area contributed by atoms with Gasteiger partial charge in [-0.25, -0.2) is 4.98 Å². The summed E-state index contributed by atoms with van der Waals surface area (Å²) in [4.78, 5) is 22.0. The summed E-state index contributed by atoms with van der Waals surface area (Å²) in [5.74, 6) is -0.00767. The quantitative estimate of drug-likeness (QED) is 0.525. The fourth-order valence-electron chi connectivity index (χ4n) is 5.64. The average Bonchev–Trinajstić information content (AvgIpc) is 3.46. The number of rotatable bonds is 4. The van der Waals surface area contributed by atoms with Gasteiger partial charge in [0.2, 0.25) is 0 Å². The van der Waals surface area contributed by atoms with E-state index >= 15 is 0 Å². The predicted octanol–water partition coefficient (Wildman–Crippen LogP) is 3.91. The molecule has 2 bridgehead atoms. The highest BCUT2D eigenvalue weighted by Gasteiger charge is 2.33. The van der Waals surface area contributed by atoms with E-state index in [0.29, 0.717) is 17.0 Å². The molecule has 3 N–H and O–H groups in total. The molecular weight excluding hydrogens is 454 g/mol. The Morgan fingerprint density at radius 2 is 1.88 bits per heavy atom. The van der Waals surface area contributed by atoms with Crippen molar-refractivity contribution in [3.8, 4) is 0 Å². The first-order chi connectivity index (χ1) is 15.6. The van der Waals surface area contributed by atoms with Gasteiger partial charge in [0, 0.05) is 55.0 Å². The molecule has 0 spiro atoms. The van der Waals surface area contributed by atoms with E-state index in [1.807, 2.05) is 26.1 Å². The maximum atomic E-state index is 13.2. The molecule has 1 amide bonds. The molecule has 2 aliphatic heterocycles. The Morgan fingerprint density at radius 1 is 1.12 bits per heavy atom. The SMILES string of the molecule is CNc1c(C(=O)NC2Cc3ccc(N4CC5CCC(C4)N5)cc3C2)sc2nc(C)ccc12.Cl. The van der Waals surface area contributed by atoms with Gasteiger partial charge in [0.1, 0.15) is 9.71 Å². The largest absolute Gasteiger partial charge is 0.386 e. The highest BCUT2D eigenvalue weighted by atomic mass is 35.5. The normalized spacial score (nSPS) is 23.3. The van der Waals surface area contributed by atoms with Gasteiger partial charge in [0.05, 0.1) is 5.69 Å². The van der Waals surface area contributed by atoms with Crippen LogP contribution >= 0.6 is 23.7 Å². The van der Waals surface area contributed by atoms with Crippen LogP contribution in [0.15, 0.2) is 30.3 Å². The number of aromatic nitrogens is 1. The number of thiophene rings is 1. The predicted molar refractivity (Wildman–Crippen MR) is 138 cm³/mol. The van der Waals surface area contributed by atoms with Crippen LogP contribution in [-0.4, -0.2) is 49.2 Å². The molecule has 2 fully saturated rings. The zero-order chi connectivity index (χ0) is 21.8. The fraction of sp³-hybridized carbons (Fsp3) is 0.440. The summed E-state index contributed by atoms with van der Waals surface area (Å²) in [6, 6.07) is 12.3. The molecule has 33 heavy (non-hydrogen) atoms. The van der Waals surface area contributed by atoms with Crippen molar-refractivity contribution in [2.24, 2.45) is 0 Å². The van der Waals surface area contributed by atoms with Crippen LogP contribution in [0, 0.1) is 6.92 Å². The maximum Gasteiger partial charge on any atom is 0.263 e. The van der Waals surface area contributed by atoms with Gasteiger partial charge in [-0.2, -0.15) is 0 Å². The molecule has 6 rings (SSSR count). The number of anilines is 2. The number of hydrogen-bond donors (Lipinski definition) is 3. The van der Waals surface area contributed by atoms with Gasteiger partial charge < -0.3 is 20.9 Å². The summed E-state index contributed by atoms with van der Waals surface area (Å²) < 4.78 is 0.